The van der Waals surface area contributed by atoms with Crippen molar-refractivity contribution in [2.45, 2.75) is 13.8 Å². The van der Waals surface area contributed by atoms with Crippen LogP contribution in [0.4, 0.5) is 10.1 Å². The Kier molecular flexibility index (Phi) is 5.09. The minimum atomic E-state index is -0.457. The molecule has 1 aromatic carbocycles. The first kappa shape index (κ1) is 14.4. The third-order valence-electron chi connectivity index (χ3n) is 2.87. The molecule has 0 atom stereocenters. The Morgan fingerprint density at radius 1 is 1.50 bits per heavy atom. The predicted octanol–water partition coefficient (Wildman–Crippen LogP) is 1.82. The molecule has 0 bridgehead atoms. The molecular weight excluding hydrogens is 235 g/mol. The Morgan fingerprint density at radius 2 is 2.17 bits per heavy atom. The topological polar surface area (TPSA) is 55.6 Å². The minimum absolute atomic E-state index is 0.236. The number of likely N-dealkylation sites (N-methyl/N-ethyl adjacent to an activating group) is 1. The molecule has 0 saturated carbocycles. The van der Waals surface area contributed by atoms with Crippen molar-refractivity contribution in [3.8, 4) is 0 Å². The summed E-state index contributed by atoms with van der Waals surface area (Å²) in [4.78, 5) is 13.7. The lowest BCUT2D eigenvalue weighted by Crippen LogP contribution is -2.33. The summed E-state index contributed by atoms with van der Waals surface area (Å²) in [6.07, 6.45) is 0. The number of hydrogen-bond acceptors (Lipinski definition) is 3. The largest absolute Gasteiger partial charge is 0.398 e. The van der Waals surface area contributed by atoms with Crippen LogP contribution in [0.2, 0.25) is 0 Å². The van der Waals surface area contributed by atoms with Gasteiger partial charge in [0.2, 0.25) is 0 Å². The van der Waals surface area contributed by atoms with Crippen molar-refractivity contribution in [3.05, 3.63) is 29.1 Å². The van der Waals surface area contributed by atoms with Crippen molar-refractivity contribution >= 4 is 11.6 Å². The number of anilines is 1. The number of ether oxygens (including phenoxy) is 1. The van der Waals surface area contributed by atoms with Crippen molar-refractivity contribution < 1.29 is 13.9 Å². The Morgan fingerprint density at radius 3 is 2.67 bits per heavy atom. The summed E-state index contributed by atoms with van der Waals surface area (Å²) >= 11 is 0. The number of nitrogen functional groups attached to an aromatic ring is 1. The van der Waals surface area contributed by atoms with E-state index in [0.717, 1.165) is 0 Å². The first-order chi connectivity index (χ1) is 8.51. The normalized spacial score (nSPS) is 10.4. The summed E-state index contributed by atoms with van der Waals surface area (Å²) in [6.45, 7) is 4.91. The zero-order valence-electron chi connectivity index (χ0n) is 11.0. The predicted molar refractivity (Wildman–Crippen MR) is 69.0 cm³/mol. The van der Waals surface area contributed by atoms with Crippen LogP contribution < -0.4 is 5.73 Å². The molecular formula is C13H19FN2O2. The highest BCUT2D eigenvalue weighted by molar-refractivity contribution is 5.95. The molecule has 18 heavy (non-hydrogen) atoms. The molecule has 5 heteroatoms. The maximum absolute atomic E-state index is 13.5. The lowest BCUT2D eigenvalue weighted by atomic mass is 10.1. The number of methoxy groups -OCH3 is 1. The first-order valence-corrected chi connectivity index (χ1v) is 5.85. The summed E-state index contributed by atoms with van der Waals surface area (Å²) in [5.41, 5.74) is 6.60. The van der Waals surface area contributed by atoms with Gasteiger partial charge in [0, 0.05) is 37.0 Å². The molecule has 0 fully saturated rings. The molecule has 0 saturated heterocycles. The van der Waals surface area contributed by atoms with E-state index in [1.54, 1.807) is 18.9 Å². The number of nitrogens with zero attached hydrogens (tertiary/aromatic N) is 1. The highest BCUT2D eigenvalue weighted by atomic mass is 19.1. The van der Waals surface area contributed by atoms with Crippen LogP contribution in [-0.2, 0) is 4.74 Å². The molecule has 1 aromatic rings. The van der Waals surface area contributed by atoms with Crippen LogP contribution in [0.15, 0.2) is 12.1 Å². The minimum Gasteiger partial charge on any atom is -0.398 e. The SMILES string of the molecule is CCN(CCOC)C(=O)c1cc(N)c(C)c(F)c1. The number of hydrogen-bond donors (Lipinski definition) is 1. The summed E-state index contributed by atoms with van der Waals surface area (Å²) in [5, 5.41) is 0. The highest BCUT2D eigenvalue weighted by Crippen LogP contribution is 2.18. The smallest absolute Gasteiger partial charge is 0.254 e. The van der Waals surface area contributed by atoms with Crippen LogP contribution in [0.3, 0.4) is 0 Å². The molecule has 0 aliphatic heterocycles. The second-order valence-electron chi connectivity index (χ2n) is 4.05. The molecule has 4 nitrogen and oxygen atoms in total. The van der Waals surface area contributed by atoms with Crippen molar-refractivity contribution in [2.75, 3.05) is 32.5 Å². The average Bonchev–Trinajstić information content (AvgIpc) is 2.36. The molecule has 1 amide bonds. The van der Waals surface area contributed by atoms with Gasteiger partial charge >= 0.3 is 0 Å². The van der Waals surface area contributed by atoms with E-state index in [2.05, 4.69) is 0 Å². The van der Waals surface area contributed by atoms with Crippen LogP contribution in [0.1, 0.15) is 22.8 Å². The van der Waals surface area contributed by atoms with E-state index in [1.165, 1.54) is 12.1 Å². The van der Waals surface area contributed by atoms with Crippen LogP contribution >= 0.6 is 0 Å². The molecule has 1 rings (SSSR count). The molecule has 0 spiro atoms. The van der Waals surface area contributed by atoms with Gasteiger partial charge < -0.3 is 15.4 Å². The number of benzene rings is 1. The molecule has 0 radical (unpaired) electrons. The molecule has 2 N–H and O–H groups in total. The van der Waals surface area contributed by atoms with Gasteiger partial charge in [0.25, 0.3) is 5.91 Å². The molecule has 0 heterocycles. The van der Waals surface area contributed by atoms with Crippen LogP contribution in [-0.4, -0.2) is 37.6 Å². The number of amides is 1. The third kappa shape index (κ3) is 3.20. The Labute approximate surface area is 107 Å². The van der Waals surface area contributed by atoms with E-state index in [1.807, 2.05) is 6.92 Å². The molecule has 0 unspecified atom stereocenters. The van der Waals surface area contributed by atoms with E-state index < -0.39 is 5.82 Å². The molecule has 0 aliphatic rings. The zero-order valence-corrected chi connectivity index (χ0v) is 11.0. The first-order valence-electron chi connectivity index (χ1n) is 5.85. The summed E-state index contributed by atoms with van der Waals surface area (Å²) in [7, 11) is 1.57. The fourth-order valence-electron chi connectivity index (χ4n) is 1.61. The second-order valence-corrected chi connectivity index (χ2v) is 4.05. The lowest BCUT2D eigenvalue weighted by Gasteiger charge is -2.21. The Bertz CT molecular complexity index is 412. The fourth-order valence-corrected chi connectivity index (χ4v) is 1.61. The van der Waals surface area contributed by atoms with Crippen molar-refractivity contribution in [2.24, 2.45) is 0 Å². The maximum Gasteiger partial charge on any atom is 0.254 e. The van der Waals surface area contributed by atoms with Crippen molar-refractivity contribution in [3.63, 3.8) is 0 Å². The van der Waals surface area contributed by atoms with E-state index in [9.17, 15) is 9.18 Å². The zero-order chi connectivity index (χ0) is 13.7. The van der Waals surface area contributed by atoms with Gasteiger partial charge in [-0.3, -0.25) is 4.79 Å². The van der Waals surface area contributed by atoms with E-state index >= 15 is 0 Å². The molecule has 0 aliphatic carbocycles. The van der Waals surface area contributed by atoms with Gasteiger partial charge in [0.05, 0.1) is 6.61 Å². The number of carbonyl (C=O) groups excluding carboxylic acids is 1. The van der Waals surface area contributed by atoms with Gasteiger partial charge in [0.1, 0.15) is 5.82 Å². The van der Waals surface area contributed by atoms with E-state index in [4.69, 9.17) is 10.5 Å². The second kappa shape index (κ2) is 6.35. The van der Waals surface area contributed by atoms with Gasteiger partial charge in [-0.25, -0.2) is 4.39 Å². The summed E-state index contributed by atoms with van der Waals surface area (Å²) < 4.78 is 18.5. The Balaban J connectivity index is 2.95. The quantitative estimate of drug-likeness (QED) is 0.815. The molecule has 0 aromatic heterocycles. The third-order valence-corrected chi connectivity index (χ3v) is 2.87. The van der Waals surface area contributed by atoms with Gasteiger partial charge in [-0.1, -0.05) is 0 Å². The Hall–Kier alpha value is -1.62. The molecule has 100 valence electrons. The maximum atomic E-state index is 13.5. The monoisotopic (exact) mass is 254 g/mol. The van der Waals surface area contributed by atoms with Crippen LogP contribution in [0.25, 0.3) is 0 Å². The number of carbonyl (C=O) groups is 1. The fraction of sp³-hybridized carbons (Fsp3) is 0.462. The van der Waals surface area contributed by atoms with E-state index in [0.29, 0.717) is 30.9 Å². The van der Waals surface area contributed by atoms with E-state index in [-0.39, 0.29) is 11.5 Å². The summed E-state index contributed by atoms with van der Waals surface area (Å²) in [6, 6.07) is 2.74. The number of halogens is 1. The average molecular weight is 254 g/mol. The van der Waals surface area contributed by atoms with Crippen LogP contribution in [0.5, 0.6) is 0 Å². The van der Waals surface area contributed by atoms with Crippen molar-refractivity contribution in [1.29, 1.82) is 0 Å². The van der Waals surface area contributed by atoms with Gasteiger partial charge in [-0.15, -0.1) is 0 Å². The lowest BCUT2D eigenvalue weighted by molar-refractivity contribution is 0.0706. The number of rotatable bonds is 5. The standard InChI is InChI=1S/C13H19FN2O2/c1-4-16(5-6-18-3)13(17)10-7-11(14)9(2)12(15)8-10/h7-8H,4-6,15H2,1-3H3. The summed E-state index contributed by atoms with van der Waals surface area (Å²) in [5.74, 6) is -0.693. The number of nitrogens with two attached hydrogens (primary N) is 1. The highest BCUT2D eigenvalue weighted by Gasteiger charge is 2.16. The van der Waals surface area contributed by atoms with Gasteiger partial charge in [-0.2, -0.15) is 0 Å². The van der Waals surface area contributed by atoms with Crippen LogP contribution in [0, 0.1) is 12.7 Å². The van der Waals surface area contributed by atoms with Crippen molar-refractivity contribution in [1.82, 2.24) is 4.90 Å². The van der Waals surface area contributed by atoms with Gasteiger partial charge in [-0.05, 0) is 26.0 Å². The van der Waals surface area contributed by atoms with Gasteiger partial charge in [0.15, 0.2) is 0 Å².